The molecule has 10 nitrogen and oxygen atoms in total. The number of Topliss-reactive ketones (excluding diaryl/α,β-unsaturated/α-hetero) is 2. The number of hydrogen-bond donors (Lipinski definition) is 3. The Morgan fingerprint density at radius 2 is 1.47 bits per heavy atom. The largest absolute Gasteiger partial charge is 0.480 e. The van der Waals surface area contributed by atoms with Crippen LogP contribution in [0, 0.1) is 35.0 Å². The molecule has 0 bridgehead atoms. The van der Waals surface area contributed by atoms with E-state index in [1.165, 1.54) is 0 Å². The zero-order valence-electron chi connectivity index (χ0n) is 32.2. The van der Waals surface area contributed by atoms with Gasteiger partial charge in [-0.15, -0.1) is 0 Å². The van der Waals surface area contributed by atoms with E-state index in [2.05, 4.69) is 12.2 Å². The summed E-state index contributed by atoms with van der Waals surface area (Å²) in [5.74, 6) is -11.3. The molecule has 2 aliphatic heterocycles. The van der Waals surface area contributed by atoms with Gasteiger partial charge in [-0.05, 0) is 63.4 Å². The second-order valence-corrected chi connectivity index (χ2v) is 13.9. The second-order valence-electron chi connectivity index (χ2n) is 13.9. The van der Waals surface area contributed by atoms with Crippen LogP contribution in [0.2, 0.25) is 0 Å². The number of carboxylic acid groups (broad SMARTS) is 1. The van der Waals surface area contributed by atoms with Crippen molar-refractivity contribution in [3.63, 3.8) is 0 Å². The SMILES string of the molecule is CCC(CC)(NCC(=O)N1CCCC1)C(=O)CCc1c(F)c(F)c(F)c(F)c1F.CCCC(C)C(=O)[C@@H]1CCCN1C=O.N[C@@H](Cc1ccccc1)C(=O)O. The van der Waals surface area contributed by atoms with Gasteiger partial charge in [0, 0.05) is 37.5 Å². The van der Waals surface area contributed by atoms with Gasteiger partial charge in [0.05, 0.1) is 18.1 Å². The van der Waals surface area contributed by atoms with E-state index in [1.807, 2.05) is 37.3 Å². The van der Waals surface area contributed by atoms with Crippen LogP contribution in [0.5, 0.6) is 0 Å². The normalized spacial score (nSPS) is 16.4. The molecule has 0 saturated carbocycles. The first-order chi connectivity index (χ1) is 26.1. The van der Waals surface area contributed by atoms with Crippen molar-refractivity contribution in [3.05, 3.63) is 70.5 Å². The Balaban J connectivity index is 0.000000331. The molecule has 0 radical (unpaired) electrons. The molecule has 2 aromatic carbocycles. The fourth-order valence-electron chi connectivity index (χ4n) is 6.74. The van der Waals surface area contributed by atoms with Crippen molar-refractivity contribution in [2.45, 2.75) is 116 Å². The molecule has 15 heteroatoms. The first-order valence-electron chi connectivity index (χ1n) is 18.9. The molecule has 2 aromatic rings. The molecular formula is C40H55F5N4O6. The Labute approximate surface area is 320 Å². The molecular weight excluding hydrogens is 727 g/mol. The standard InChI is InChI=1S/C20H25F5N2O2.C11H19NO2.C9H11NO2/c1-3-20(4-2,26-11-14(29)27-9-5-6-10-27)13(28)8-7-12-15(21)17(23)19(25)18(24)16(12)22;1-3-5-9(2)11(14)10-6-4-7-12(10)8-13;10-8(9(11)12)6-7-4-2-1-3-5-7/h26H,3-11H2,1-2H3;8-10H,3-7H2,1-2H3;1-5,8H,6,10H2,(H,11,12)/t;9?,10-;8-/m.00/s1. The van der Waals surface area contributed by atoms with Gasteiger partial charge >= 0.3 is 5.97 Å². The molecule has 2 saturated heterocycles. The fraction of sp³-hybridized carbons (Fsp3) is 0.575. The quantitative estimate of drug-likeness (QED) is 0.0777. The van der Waals surface area contributed by atoms with Crippen LogP contribution in [0.3, 0.4) is 0 Å². The number of nitrogens with zero attached hydrogens (tertiary/aromatic N) is 2. The molecule has 3 atom stereocenters. The summed E-state index contributed by atoms with van der Waals surface area (Å²) in [4.78, 5) is 61.4. The maximum absolute atomic E-state index is 13.8. The van der Waals surface area contributed by atoms with Gasteiger partial charge in [-0.1, -0.05) is 64.4 Å². The third-order valence-corrected chi connectivity index (χ3v) is 10.3. The number of rotatable bonds is 17. The lowest BCUT2D eigenvalue weighted by Crippen LogP contribution is -2.54. The molecule has 2 aliphatic rings. The highest BCUT2D eigenvalue weighted by Gasteiger charge is 2.36. The monoisotopic (exact) mass is 782 g/mol. The minimum atomic E-state index is -2.23. The number of halogens is 5. The first-order valence-corrected chi connectivity index (χ1v) is 18.9. The number of benzene rings is 2. The van der Waals surface area contributed by atoms with E-state index < -0.39 is 70.8 Å². The molecule has 2 fully saturated rings. The molecule has 2 amide bonds. The average Bonchev–Trinajstić information content (AvgIpc) is 3.91. The third-order valence-electron chi connectivity index (χ3n) is 10.3. The lowest BCUT2D eigenvalue weighted by molar-refractivity contribution is -0.138. The van der Waals surface area contributed by atoms with Crippen LogP contribution in [-0.2, 0) is 36.8 Å². The molecule has 4 N–H and O–H groups in total. The lowest BCUT2D eigenvalue weighted by Gasteiger charge is -2.32. The maximum Gasteiger partial charge on any atom is 0.320 e. The van der Waals surface area contributed by atoms with Crippen molar-refractivity contribution in [1.29, 1.82) is 0 Å². The minimum Gasteiger partial charge on any atom is -0.480 e. The number of likely N-dealkylation sites (tertiary alicyclic amines) is 2. The van der Waals surface area contributed by atoms with Crippen LogP contribution in [0.1, 0.15) is 96.6 Å². The van der Waals surface area contributed by atoms with Gasteiger partial charge in [-0.2, -0.15) is 0 Å². The topological polar surface area (TPSA) is 150 Å². The number of nitrogens with one attached hydrogen (secondary N) is 1. The van der Waals surface area contributed by atoms with E-state index in [0.29, 0.717) is 32.4 Å². The van der Waals surface area contributed by atoms with E-state index in [9.17, 15) is 45.9 Å². The van der Waals surface area contributed by atoms with Gasteiger partial charge in [0.1, 0.15) is 6.04 Å². The number of carbonyl (C=O) groups is 5. The van der Waals surface area contributed by atoms with Crippen molar-refractivity contribution in [2.24, 2.45) is 11.7 Å². The van der Waals surface area contributed by atoms with Gasteiger partial charge in [0.25, 0.3) is 0 Å². The smallest absolute Gasteiger partial charge is 0.320 e. The molecule has 55 heavy (non-hydrogen) atoms. The predicted octanol–water partition coefficient (Wildman–Crippen LogP) is 5.91. The number of nitrogens with two attached hydrogens (primary N) is 1. The predicted molar refractivity (Wildman–Crippen MR) is 197 cm³/mol. The number of carbonyl (C=O) groups excluding carboxylic acids is 4. The van der Waals surface area contributed by atoms with Crippen molar-refractivity contribution >= 4 is 29.9 Å². The average molecular weight is 783 g/mol. The van der Waals surface area contributed by atoms with E-state index in [-0.39, 0.29) is 30.2 Å². The van der Waals surface area contributed by atoms with Crippen LogP contribution < -0.4 is 11.1 Å². The highest BCUT2D eigenvalue weighted by atomic mass is 19.2. The van der Waals surface area contributed by atoms with Crippen molar-refractivity contribution < 1.29 is 51.0 Å². The molecule has 306 valence electrons. The first kappa shape index (κ1) is 46.9. The Kier molecular flexibility index (Phi) is 19.6. The van der Waals surface area contributed by atoms with Gasteiger partial charge in [0.15, 0.2) is 34.8 Å². The minimum absolute atomic E-state index is 0.0596. The molecule has 1 unspecified atom stereocenters. The summed E-state index contributed by atoms with van der Waals surface area (Å²) in [7, 11) is 0. The Morgan fingerprint density at radius 3 is 1.98 bits per heavy atom. The van der Waals surface area contributed by atoms with Crippen molar-refractivity contribution in [2.75, 3.05) is 26.2 Å². The zero-order valence-corrected chi connectivity index (χ0v) is 32.2. The number of amides is 2. The summed E-state index contributed by atoms with van der Waals surface area (Å²) >= 11 is 0. The molecule has 4 rings (SSSR count). The van der Waals surface area contributed by atoms with Crippen LogP contribution in [0.25, 0.3) is 0 Å². The van der Waals surface area contributed by atoms with Crippen LogP contribution >= 0.6 is 0 Å². The summed E-state index contributed by atoms with van der Waals surface area (Å²) in [6.45, 7) is 9.53. The van der Waals surface area contributed by atoms with Gasteiger partial charge in [-0.25, -0.2) is 22.0 Å². The highest BCUT2D eigenvalue weighted by Crippen LogP contribution is 2.26. The van der Waals surface area contributed by atoms with Crippen LogP contribution in [-0.4, -0.2) is 88.6 Å². The maximum atomic E-state index is 13.8. The Morgan fingerprint density at radius 1 is 0.909 bits per heavy atom. The van der Waals surface area contributed by atoms with Crippen LogP contribution in [0.15, 0.2) is 30.3 Å². The number of aliphatic carboxylic acids is 1. The second kappa shape index (κ2) is 23.0. The van der Waals surface area contributed by atoms with E-state index in [1.54, 1.807) is 23.6 Å². The summed E-state index contributed by atoms with van der Waals surface area (Å²) in [6, 6.07) is 8.41. The van der Waals surface area contributed by atoms with Gasteiger partial charge < -0.3 is 20.6 Å². The highest BCUT2D eigenvalue weighted by molar-refractivity contribution is 5.89. The van der Waals surface area contributed by atoms with Crippen molar-refractivity contribution in [1.82, 2.24) is 15.1 Å². The van der Waals surface area contributed by atoms with E-state index in [0.717, 1.165) is 57.0 Å². The van der Waals surface area contributed by atoms with Crippen molar-refractivity contribution in [3.8, 4) is 0 Å². The van der Waals surface area contributed by atoms with Gasteiger partial charge in [0.2, 0.25) is 18.1 Å². The number of carboxylic acids is 1. The summed E-state index contributed by atoms with van der Waals surface area (Å²) in [5, 5.41) is 11.5. The van der Waals surface area contributed by atoms with E-state index >= 15 is 0 Å². The van der Waals surface area contributed by atoms with Crippen LogP contribution in [0.4, 0.5) is 22.0 Å². The molecule has 0 aromatic heterocycles. The zero-order chi connectivity index (χ0) is 41.3. The summed E-state index contributed by atoms with van der Waals surface area (Å²) in [5.41, 5.74) is 4.18. The molecule has 2 heterocycles. The third kappa shape index (κ3) is 13.2. The number of hydrogen-bond acceptors (Lipinski definition) is 7. The summed E-state index contributed by atoms with van der Waals surface area (Å²) < 4.78 is 67.5. The molecule has 0 spiro atoms. The van der Waals surface area contributed by atoms with Gasteiger partial charge in [-0.3, -0.25) is 29.3 Å². The Hall–Kier alpha value is -4.24. The summed E-state index contributed by atoms with van der Waals surface area (Å²) in [6.07, 6.45) is 6.41. The lowest BCUT2D eigenvalue weighted by atomic mass is 9.84. The number of ketones is 2. The Bertz CT molecular complexity index is 1560. The molecule has 0 aliphatic carbocycles. The van der Waals surface area contributed by atoms with E-state index in [4.69, 9.17) is 10.8 Å². The fourth-order valence-corrected chi connectivity index (χ4v) is 6.74.